The molecule has 0 spiro atoms. The van der Waals surface area contributed by atoms with Crippen molar-refractivity contribution in [3.05, 3.63) is 58.7 Å². The highest BCUT2D eigenvalue weighted by molar-refractivity contribution is 6.05. The highest BCUT2D eigenvalue weighted by Gasteiger charge is 2.41. The fourth-order valence-electron chi connectivity index (χ4n) is 6.00. The van der Waals surface area contributed by atoms with Gasteiger partial charge >= 0.3 is 0 Å². The van der Waals surface area contributed by atoms with Crippen molar-refractivity contribution < 1.29 is 14.3 Å². The van der Waals surface area contributed by atoms with E-state index in [1.807, 2.05) is 36.4 Å². The van der Waals surface area contributed by atoms with Crippen molar-refractivity contribution in [3.63, 3.8) is 0 Å². The third-order valence-corrected chi connectivity index (χ3v) is 8.32. The molecule has 1 atom stereocenters. The summed E-state index contributed by atoms with van der Waals surface area (Å²) in [6.07, 6.45) is 5.42. The van der Waals surface area contributed by atoms with E-state index in [1.165, 1.54) is 0 Å². The first-order valence-corrected chi connectivity index (χ1v) is 13.5. The predicted molar refractivity (Wildman–Crippen MR) is 146 cm³/mol. The number of fused-ring (bicyclic) bond motifs is 2. The average Bonchev–Trinajstić information content (AvgIpc) is 2.88. The van der Waals surface area contributed by atoms with Gasteiger partial charge in [-0.05, 0) is 73.9 Å². The Kier molecular flexibility index (Phi) is 6.50. The van der Waals surface area contributed by atoms with Gasteiger partial charge in [0.15, 0.2) is 5.96 Å². The zero-order valence-corrected chi connectivity index (χ0v) is 22.4. The highest BCUT2D eigenvalue weighted by Crippen LogP contribution is 2.40. The Bertz CT molecular complexity index is 1260. The molecule has 7 nitrogen and oxygen atoms in total. The van der Waals surface area contributed by atoms with Gasteiger partial charge in [-0.25, -0.2) is 4.99 Å². The molecule has 37 heavy (non-hydrogen) atoms. The van der Waals surface area contributed by atoms with Gasteiger partial charge in [0.05, 0.1) is 24.6 Å². The maximum absolute atomic E-state index is 13.4. The topological polar surface area (TPSA) is 97.0 Å². The molecule has 2 aliphatic heterocycles. The lowest BCUT2D eigenvalue weighted by molar-refractivity contribution is -0.131. The van der Waals surface area contributed by atoms with Crippen LogP contribution in [0.4, 0.5) is 5.69 Å². The third kappa shape index (κ3) is 4.72. The number of hydrogen-bond acceptors (Lipinski definition) is 5. The lowest BCUT2D eigenvalue weighted by Crippen LogP contribution is -2.53. The minimum Gasteiger partial charge on any atom is -0.493 e. The van der Waals surface area contributed by atoms with Crippen molar-refractivity contribution in [2.45, 2.75) is 84.2 Å². The molecule has 1 aliphatic carbocycles. The lowest BCUT2D eigenvalue weighted by Gasteiger charge is -2.41. The molecule has 0 bridgehead atoms. The van der Waals surface area contributed by atoms with Crippen LogP contribution in [-0.2, 0) is 17.6 Å². The molecule has 0 radical (unpaired) electrons. The van der Waals surface area contributed by atoms with Crippen molar-refractivity contribution >= 4 is 23.5 Å². The zero-order chi connectivity index (χ0) is 26.4. The molecule has 0 saturated carbocycles. The summed E-state index contributed by atoms with van der Waals surface area (Å²) in [5.41, 5.74) is 10.5. The number of aryl methyl sites for hydroxylation is 1. The largest absolute Gasteiger partial charge is 0.493 e. The molecule has 0 fully saturated rings. The molecule has 2 amide bonds. The number of amides is 2. The third-order valence-electron chi connectivity index (χ3n) is 8.32. The second-order valence-electron chi connectivity index (χ2n) is 11.5. The summed E-state index contributed by atoms with van der Waals surface area (Å²) in [7, 11) is 0. The van der Waals surface area contributed by atoms with Crippen molar-refractivity contribution in [2.75, 3.05) is 11.9 Å². The standard InChI is InChI=1S/C30H38N4O3/c1-5-30(6-2)17-26(35)34(28(31)33-30)24-11-7-9-19-13-14-20(15-21(19)24)27(36)32-23-10-8-12-25-22(23)16-29(3,4)18-37-25/h8,10,12-15,24H,5-7,9,11,16-18H2,1-4H3,(H2,31,33)(H,32,36)/t24-/m1/s1. The number of ether oxygens (including phenoxy) is 1. The Hall–Kier alpha value is -3.35. The highest BCUT2D eigenvalue weighted by atomic mass is 16.5. The number of rotatable bonds is 5. The second-order valence-corrected chi connectivity index (χ2v) is 11.5. The number of aliphatic imine (C=N–C) groups is 1. The molecular weight excluding hydrogens is 464 g/mol. The zero-order valence-electron chi connectivity index (χ0n) is 22.4. The fourth-order valence-corrected chi connectivity index (χ4v) is 6.00. The van der Waals surface area contributed by atoms with Gasteiger partial charge in [0.25, 0.3) is 5.91 Å². The number of hydrogen-bond donors (Lipinski definition) is 2. The van der Waals surface area contributed by atoms with Crippen LogP contribution in [0, 0.1) is 5.41 Å². The Morgan fingerprint density at radius 2 is 1.97 bits per heavy atom. The first kappa shape index (κ1) is 25.3. The number of anilines is 1. The minimum atomic E-state index is -0.413. The molecule has 3 aliphatic rings. The van der Waals surface area contributed by atoms with Gasteiger partial charge in [0.1, 0.15) is 5.75 Å². The second kappa shape index (κ2) is 9.51. The number of benzene rings is 2. The predicted octanol–water partition coefficient (Wildman–Crippen LogP) is 5.38. The van der Waals surface area contributed by atoms with E-state index in [-0.39, 0.29) is 23.3 Å². The minimum absolute atomic E-state index is 0.00246. The van der Waals surface area contributed by atoms with Gasteiger partial charge in [-0.2, -0.15) is 0 Å². The van der Waals surface area contributed by atoms with E-state index >= 15 is 0 Å². The summed E-state index contributed by atoms with van der Waals surface area (Å²) >= 11 is 0. The van der Waals surface area contributed by atoms with Gasteiger partial charge in [0.2, 0.25) is 5.91 Å². The van der Waals surface area contributed by atoms with Crippen LogP contribution in [0.15, 0.2) is 41.4 Å². The van der Waals surface area contributed by atoms with Crippen LogP contribution in [0.5, 0.6) is 5.75 Å². The monoisotopic (exact) mass is 502 g/mol. The van der Waals surface area contributed by atoms with Gasteiger partial charge in [0, 0.05) is 22.2 Å². The Morgan fingerprint density at radius 3 is 2.70 bits per heavy atom. The normalized spacial score (nSPS) is 21.8. The fraction of sp³-hybridized carbons (Fsp3) is 0.500. The van der Waals surface area contributed by atoms with Crippen LogP contribution in [0.2, 0.25) is 0 Å². The maximum Gasteiger partial charge on any atom is 0.255 e. The summed E-state index contributed by atoms with van der Waals surface area (Å²) in [4.78, 5) is 33.3. The van der Waals surface area contributed by atoms with E-state index < -0.39 is 5.54 Å². The van der Waals surface area contributed by atoms with Crippen LogP contribution in [0.1, 0.15) is 92.9 Å². The number of nitrogens with two attached hydrogens (primary N) is 1. The van der Waals surface area contributed by atoms with Crippen LogP contribution < -0.4 is 15.8 Å². The van der Waals surface area contributed by atoms with Crippen LogP contribution in [0.3, 0.4) is 0 Å². The van der Waals surface area contributed by atoms with Crippen molar-refractivity contribution in [1.29, 1.82) is 0 Å². The van der Waals surface area contributed by atoms with E-state index in [4.69, 9.17) is 15.5 Å². The SMILES string of the molecule is CCC1(CC)CC(=O)N([C@@H]2CCCc3ccc(C(=O)Nc4cccc5c4CC(C)(C)CO5)cc32)C(N)=N1. The molecule has 0 aromatic heterocycles. The van der Waals surface area contributed by atoms with Gasteiger partial charge < -0.3 is 15.8 Å². The summed E-state index contributed by atoms with van der Waals surface area (Å²) in [5.74, 6) is 0.969. The molecule has 0 saturated heterocycles. The van der Waals surface area contributed by atoms with E-state index in [2.05, 4.69) is 33.0 Å². The van der Waals surface area contributed by atoms with Crippen molar-refractivity contribution in [3.8, 4) is 5.75 Å². The smallest absolute Gasteiger partial charge is 0.255 e. The summed E-state index contributed by atoms with van der Waals surface area (Å²) < 4.78 is 5.96. The van der Waals surface area contributed by atoms with E-state index in [9.17, 15) is 9.59 Å². The quantitative estimate of drug-likeness (QED) is 0.573. The molecule has 5 rings (SSSR count). The van der Waals surface area contributed by atoms with Crippen molar-refractivity contribution in [2.24, 2.45) is 16.1 Å². The van der Waals surface area contributed by atoms with Crippen LogP contribution >= 0.6 is 0 Å². The van der Waals surface area contributed by atoms with E-state index in [1.54, 1.807) is 4.90 Å². The van der Waals surface area contributed by atoms with Crippen LogP contribution in [0.25, 0.3) is 0 Å². The summed E-state index contributed by atoms with van der Waals surface area (Å²) in [6.45, 7) is 9.10. The first-order chi connectivity index (χ1) is 17.6. The molecule has 0 unspecified atom stereocenters. The van der Waals surface area contributed by atoms with Crippen molar-refractivity contribution in [1.82, 2.24) is 4.90 Å². The van der Waals surface area contributed by atoms with Gasteiger partial charge in [-0.15, -0.1) is 0 Å². The molecule has 2 aromatic rings. The molecule has 3 N–H and O–H groups in total. The van der Waals surface area contributed by atoms with Gasteiger partial charge in [-0.3, -0.25) is 14.5 Å². The molecule has 2 heterocycles. The first-order valence-electron chi connectivity index (χ1n) is 13.5. The number of carbonyl (C=O) groups is 2. The maximum atomic E-state index is 13.4. The van der Waals surface area contributed by atoms with Gasteiger partial charge in [-0.1, -0.05) is 39.8 Å². The Morgan fingerprint density at radius 1 is 1.19 bits per heavy atom. The molecule has 196 valence electrons. The lowest BCUT2D eigenvalue weighted by atomic mass is 9.83. The summed E-state index contributed by atoms with van der Waals surface area (Å²) in [5, 5.41) is 3.12. The Balaban J connectivity index is 1.44. The number of guanidine groups is 1. The summed E-state index contributed by atoms with van der Waals surface area (Å²) in [6, 6.07) is 11.4. The molecule has 2 aromatic carbocycles. The number of nitrogens with zero attached hydrogens (tertiary/aromatic N) is 2. The van der Waals surface area contributed by atoms with E-state index in [0.717, 1.165) is 66.7 Å². The van der Waals surface area contributed by atoms with E-state index in [0.29, 0.717) is 24.6 Å². The molecule has 7 heteroatoms. The number of carbonyl (C=O) groups excluding carboxylic acids is 2. The molecular formula is C30H38N4O3. The van der Waals surface area contributed by atoms with Crippen LogP contribution in [-0.4, -0.2) is 34.8 Å². The Labute approximate surface area is 219 Å². The average molecular weight is 503 g/mol. The number of nitrogens with one attached hydrogen (secondary N) is 1.